The first-order valence-electron chi connectivity index (χ1n) is 6.61. The van der Waals surface area contributed by atoms with Gasteiger partial charge in [-0.25, -0.2) is 0 Å². The highest BCUT2D eigenvalue weighted by Crippen LogP contribution is 2.34. The highest BCUT2D eigenvalue weighted by molar-refractivity contribution is 9.10. The SMILES string of the molecule is O=C1N/C(=N\N=C/c2ccc(Br)cc2)SC1c1ccccc1. The lowest BCUT2D eigenvalue weighted by atomic mass is 10.1. The number of carbonyl (C=O) groups excluding carboxylic acids is 1. The molecule has 3 rings (SSSR count). The molecule has 1 aliphatic rings. The zero-order valence-corrected chi connectivity index (χ0v) is 13.8. The predicted octanol–water partition coefficient (Wildman–Crippen LogP) is 3.74. The summed E-state index contributed by atoms with van der Waals surface area (Å²) in [6.45, 7) is 0. The zero-order chi connectivity index (χ0) is 15.4. The minimum atomic E-state index is -0.261. The quantitative estimate of drug-likeness (QED) is 0.657. The van der Waals surface area contributed by atoms with Crippen LogP contribution in [0.25, 0.3) is 0 Å². The van der Waals surface area contributed by atoms with Crippen LogP contribution in [0.5, 0.6) is 0 Å². The number of hydrogen-bond acceptors (Lipinski definition) is 4. The summed E-state index contributed by atoms with van der Waals surface area (Å²) in [4.78, 5) is 12.0. The van der Waals surface area contributed by atoms with Crippen LogP contribution in [0.4, 0.5) is 0 Å². The van der Waals surface area contributed by atoms with Crippen molar-refractivity contribution in [1.82, 2.24) is 5.32 Å². The maximum atomic E-state index is 12.0. The Labute approximate surface area is 140 Å². The van der Waals surface area contributed by atoms with Gasteiger partial charge >= 0.3 is 0 Å². The predicted molar refractivity (Wildman–Crippen MR) is 94.1 cm³/mol. The first-order valence-corrected chi connectivity index (χ1v) is 8.29. The highest BCUT2D eigenvalue weighted by atomic mass is 79.9. The highest BCUT2D eigenvalue weighted by Gasteiger charge is 2.31. The molecule has 1 heterocycles. The van der Waals surface area contributed by atoms with Crippen LogP contribution in [0.1, 0.15) is 16.4 Å². The Morgan fingerprint density at radius 2 is 1.82 bits per heavy atom. The third-order valence-corrected chi connectivity index (χ3v) is 4.68. The summed E-state index contributed by atoms with van der Waals surface area (Å²) in [7, 11) is 0. The largest absolute Gasteiger partial charge is 0.302 e. The summed E-state index contributed by atoms with van der Waals surface area (Å²) in [6.07, 6.45) is 1.65. The van der Waals surface area contributed by atoms with Crippen molar-refractivity contribution >= 4 is 45.0 Å². The third kappa shape index (κ3) is 3.64. The number of carbonyl (C=O) groups is 1. The van der Waals surface area contributed by atoms with Gasteiger partial charge in [-0.1, -0.05) is 70.2 Å². The standard InChI is InChI=1S/C16H12BrN3OS/c17-13-8-6-11(7-9-13)10-18-20-16-19-15(21)14(22-16)12-4-2-1-3-5-12/h1-10,14H,(H,19,20,21)/b18-10-. The average molecular weight is 374 g/mol. The van der Waals surface area contributed by atoms with Crippen LogP contribution in [0.2, 0.25) is 0 Å². The van der Waals surface area contributed by atoms with E-state index in [2.05, 4.69) is 31.4 Å². The van der Waals surface area contributed by atoms with Gasteiger partial charge in [-0.3, -0.25) is 4.79 Å². The van der Waals surface area contributed by atoms with E-state index in [1.165, 1.54) is 11.8 Å². The Morgan fingerprint density at radius 3 is 2.55 bits per heavy atom. The topological polar surface area (TPSA) is 53.8 Å². The lowest BCUT2D eigenvalue weighted by Gasteiger charge is -2.03. The molecule has 0 saturated carbocycles. The van der Waals surface area contributed by atoms with E-state index >= 15 is 0 Å². The molecule has 1 amide bonds. The number of nitrogens with one attached hydrogen (secondary N) is 1. The van der Waals surface area contributed by atoms with Gasteiger partial charge in [0, 0.05) is 4.47 Å². The summed E-state index contributed by atoms with van der Waals surface area (Å²) in [5, 5.41) is 11.1. The van der Waals surface area contributed by atoms with Gasteiger partial charge in [0.05, 0.1) is 6.21 Å². The van der Waals surface area contributed by atoms with Crippen LogP contribution in [0.3, 0.4) is 0 Å². The smallest absolute Gasteiger partial charge is 0.244 e. The monoisotopic (exact) mass is 373 g/mol. The summed E-state index contributed by atoms with van der Waals surface area (Å²) < 4.78 is 1.01. The number of amidine groups is 1. The lowest BCUT2D eigenvalue weighted by Crippen LogP contribution is -2.21. The zero-order valence-electron chi connectivity index (χ0n) is 11.4. The van der Waals surface area contributed by atoms with Gasteiger partial charge in [0.1, 0.15) is 5.25 Å². The second kappa shape index (κ2) is 6.89. The van der Waals surface area contributed by atoms with Crippen LogP contribution in [0, 0.1) is 0 Å². The van der Waals surface area contributed by atoms with Crippen molar-refractivity contribution in [2.45, 2.75) is 5.25 Å². The summed E-state index contributed by atoms with van der Waals surface area (Å²) in [6, 6.07) is 17.4. The molecule has 1 saturated heterocycles. The number of benzene rings is 2. The van der Waals surface area contributed by atoms with Crippen LogP contribution >= 0.6 is 27.7 Å². The number of hydrogen-bond donors (Lipinski definition) is 1. The number of halogens is 1. The molecule has 1 aliphatic heterocycles. The van der Waals surface area contributed by atoms with Gasteiger partial charge in [0.2, 0.25) is 5.91 Å². The van der Waals surface area contributed by atoms with Gasteiger partial charge < -0.3 is 5.32 Å². The fraction of sp³-hybridized carbons (Fsp3) is 0.0625. The Morgan fingerprint density at radius 1 is 1.09 bits per heavy atom. The van der Waals surface area contributed by atoms with E-state index < -0.39 is 0 Å². The van der Waals surface area contributed by atoms with Crippen molar-refractivity contribution in [3.63, 3.8) is 0 Å². The molecule has 0 bridgehead atoms. The van der Waals surface area contributed by atoms with E-state index in [9.17, 15) is 4.79 Å². The minimum Gasteiger partial charge on any atom is -0.302 e. The van der Waals surface area contributed by atoms with Crippen molar-refractivity contribution < 1.29 is 4.79 Å². The summed E-state index contributed by atoms with van der Waals surface area (Å²) >= 11 is 4.76. The third-order valence-electron chi connectivity index (χ3n) is 3.03. The fourth-order valence-electron chi connectivity index (χ4n) is 1.96. The van der Waals surface area contributed by atoms with Crippen molar-refractivity contribution in [3.05, 3.63) is 70.2 Å². The number of rotatable bonds is 3. The van der Waals surface area contributed by atoms with E-state index in [1.54, 1.807) is 6.21 Å². The molecule has 110 valence electrons. The van der Waals surface area contributed by atoms with E-state index in [0.717, 1.165) is 15.6 Å². The van der Waals surface area contributed by atoms with E-state index in [0.29, 0.717) is 5.17 Å². The van der Waals surface area contributed by atoms with Crippen LogP contribution in [-0.2, 0) is 4.79 Å². The molecule has 4 nitrogen and oxygen atoms in total. The minimum absolute atomic E-state index is 0.0613. The molecular formula is C16H12BrN3OS. The van der Waals surface area contributed by atoms with Gasteiger partial charge in [-0.15, -0.1) is 5.10 Å². The van der Waals surface area contributed by atoms with E-state index in [1.807, 2.05) is 54.6 Å². The number of thioether (sulfide) groups is 1. The summed E-state index contributed by atoms with van der Waals surface area (Å²) in [5.41, 5.74) is 1.91. The first kappa shape index (κ1) is 15.0. The fourth-order valence-corrected chi connectivity index (χ4v) is 3.16. The second-order valence-corrected chi connectivity index (χ2v) is 6.61. The molecule has 6 heteroatoms. The first-order chi connectivity index (χ1) is 10.7. The molecule has 0 spiro atoms. The Balaban J connectivity index is 1.69. The van der Waals surface area contributed by atoms with E-state index in [-0.39, 0.29) is 11.2 Å². The van der Waals surface area contributed by atoms with Crippen molar-refractivity contribution in [2.24, 2.45) is 10.2 Å². The van der Waals surface area contributed by atoms with Crippen molar-refractivity contribution in [3.8, 4) is 0 Å². The van der Waals surface area contributed by atoms with Crippen LogP contribution < -0.4 is 5.32 Å². The second-order valence-electron chi connectivity index (χ2n) is 4.60. The Kier molecular flexibility index (Phi) is 4.70. The van der Waals surface area contributed by atoms with Gasteiger partial charge in [0.25, 0.3) is 0 Å². The molecule has 1 atom stereocenters. The summed E-state index contributed by atoms with van der Waals surface area (Å²) in [5.74, 6) is -0.0613. The molecule has 2 aromatic carbocycles. The molecule has 0 aromatic heterocycles. The maximum Gasteiger partial charge on any atom is 0.244 e. The number of amides is 1. The van der Waals surface area contributed by atoms with Crippen molar-refractivity contribution in [2.75, 3.05) is 0 Å². The molecule has 22 heavy (non-hydrogen) atoms. The van der Waals surface area contributed by atoms with Gasteiger partial charge in [-0.05, 0) is 23.3 Å². The van der Waals surface area contributed by atoms with Crippen LogP contribution in [-0.4, -0.2) is 17.3 Å². The molecule has 2 aromatic rings. The molecular weight excluding hydrogens is 362 g/mol. The molecule has 1 N–H and O–H groups in total. The van der Waals surface area contributed by atoms with Crippen LogP contribution in [0.15, 0.2) is 69.3 Å². The number of nitrogens with zero attached hydrogens (tertiary/aromatic N) is 2. The van der Waals surface area contributed by atoms with Crippen molar-refractivity contribution in [1.29, 1.82) is 0 Å². The Hall–Kier alpha value is -1.92. The Bertz CT molecular complexity index is 729. The molecule has 0 radical (unpaired) electrons. The molecule has 0 aliphatic carbocycles. The molecule has 1 fully saturated rings. The average Bonchev–Trinajstić information content (AvgIpc) is 2.91. The lowest BCUT2D eigenvalue weighted by molar-refractivity contribution is -0.118. The van der Waals surface area contributed by atoms with Gasteiger partial charge in [0.15, 0.2) is 5.17 Å². The normalized spacial score (nSPS) is 19.8. The van der Waals surface area contributed by atoms with Gasteiger partial charge in [-0.2, -0.15) is 5.10 Å². The molecule has 1 unspecified atom stereocenters. The van der Waals surface area contributed by atoms with E-state index in [4.69, 9.17) is 0 Å². The maximum absolute atomic E-state index is 12.0.